The van der Waals surface area contributed by atoms with E-state index in [2.05, 4.69) is 5.32 Å². The van der Waals surface area contributed by atoms with Gasteiger partial charge in [-0.05, 0) is 50.5 Å². The molecular formula is C22H24N4O4. The molecule has 8 heteroatoms. The lowest BCUT2D eigenvalue weighted by Gasteiger charge is -2.14. The van der Waals surface area contributed by atoms with Crippen molar-refractivity contribution in [3.63, 3.8) is 0 Å². The Morgan fingerprint density at radius 2 is 2.03 bits per heavy atom. The Balaban J connectivity index is 2.00. The van der Waals surface area contributed by atoms with Crippen molar-refractivity contribution in [2.24, 2.45) is 0 Å². The number of carbonyl (C=O) groups excluding carboxylic acids is 1. The molecule has 1 heterocycles. The summed E-state index contributed by atoms with van der Waals surface area (Å²) in [7, 11) is 1.50. The molecule has 8 nitrogen and oxygen atoms in total. The van der Waals surface area contributed by atoms with Crippen LogP contribution in [-0.2, 0) is 4.79 Å². The number of ether oxygens (including phenoxy) is 1. The second-order valence-electron chi connectivity index (χ2n) is 7.40. The number of hydrogen-bond donors (Lipinski definition) is 1. The molecule has 0 atom stereocenters. The van der Waals surface area contributed by atoms with E-state index in [-0.39, 0.29) is 23.2 Å². The second-order valence-corrected chi connectivity index (χ2v) is 7.40. The van der Waals surface area contributed by atoms with E-state index in [1.807, 2.05) is 30.6 Å². The Bertz CT molecular complexity index is 1060. The summed E-state index contributed by atoms with van der Waals surface area (Å²) in [5.74, 6) is 0.111. The first-order valence-corrected chi connectivity index (χ1v) is 9.80. The number of non-ortho nitro benzene ring substituents is 1. The van der Waals surface area contributed by atoms with E-state index in [4.69, 9.17) is 4.74 Å². The molecule has 0 radical (unpaired) electrons. The largest absolute Gasteiger partial charge is 0.495 e. The van der Waals surface area contributed by atoms with E-state index in [0.29, 0.717) is 17.0 Å². The van der Waals surface area contributed by atoms with Crippen molar-refractivity contribution in [1.29, 1.82) is 5.26 Å². The van der Waals surface area contributed by atoms with Gasteiger partial charge in [0.15, 0.2) is 0 Å². The third-order valence-electron chi connectivity index (χ3n) is 5.44. The van der Waals surface area contributed by atoms with E-state index in [9.17, 15) is 20.2 Å². The molecule has 0 unspecified atom stereocenters. The maximum absolute atomic E-state index is 12.5. The average Bonchev–Trinajstić information content (AvgIpc) is 3.32. The monoisotopic (exact) mass is 408 g/mol. The molecule has 1 N–H and O–H groups in total. The number of nitro groups is 1. The molecule has 2 aromatic rings. The van der Waals surface area contributed by atoms with Gasteiger partial charge in [-0.2, -0.15) is 5.26 Å². The van der Waals surface area contributed by atoms with Crippen LogP contribution in [0.5, 0.6) is 5.75 Å². The minimum atomic E-state index is -0.459. The number of amides is 1. The van der Waals surface area contributed by atoms with Crippen molar-refractivity contribution in [3.05, 3.63) is 56.9 Å². The quantitative estimate of drug-likeness (QED) is 0.336. The standard InChI is InChI=1S/C22H24N4O4/c1-14-10-16(11-17(13-23)22(27)24-18-6-4-5-7-18)15(2)25(14)20-12-19(26(28)29)8-9-21(20)30-3/h8-12,18H,4-7H2,1-3H3,(H,24,27)/b17-11-. The fourth-order valence-electron chi connectivity index (χ4n) is 3.91. The summed E-state index contributed by atoms with van der Waals surface area (Å²) < 4.78 is 7.21. The van der Waals surface area contributed by atoms with Crippen LogP contribution in [0.1, 0.15) is 42.6 Å². The summed E-state index contributed by atoms with van der Waals surface area (Å²) in [4.78, 5) is 23.3. The van der Waals surface area contributed by atoms with Crippen molar-refractivity contribution < 1.29 is 14.5 Å². The van der Waals surface area contributed by atoms with Gasteiger partial charge >= 0.3 is 0 Å². The topological polar surface area (TPSA) is 110 Å². The Morgan fingerprint density at radius 3 is 2.63 bits per heavy atom. The van der Waals surface area contributed by atoms with Crippen LogP contribution in [0.15, 0.2) is 29.8 Å². The predicted octanol–water partition coefficient (Wildman–Crippen LogP) is 3.98. The van der Waals surface area contributed by atoms with Crippen LogP contribution in [0.2, 0.25) is 0 Å². The third-order valence-corrected chi connectivity index (χ3v) is 5.44. The number of methoxy groups -OCH3 is 1. The molecule has 0 saturated heterocycles. The third kappa shape index (κ3) is 4.20. The normalized spacial score (nSPS) is 14.4. The number of carbonyl (C=O) groups is 1. The number of nitro benzene ring substituents is 1. The van der Waals surface area contributed by atoms with Crippen molar-refractivity contribution >= 4 is 17.7 Å². The van der Waals surface area contributed by atoms with Crippen LogP contribution < -0.4 is 10.1 Å². The molecule has 1 aromatic heterocycles. The van der Waals surface area contributed by atoms with Gasteiger partial charge in [0, 0.05) is 29.6 Å². The number of benzene rings is 1. The molecule has 3 rings (SSSR count). The van der Waals surface area contributed by atoms with Crippen molar-refractivity contribution in [2.75, 3.05) is 7.11 Å². The van der Waals surface area contributed by atoms with Gasteiger partial charge in [-0.25, -0.2) is 0 Å². The predicted molar refractivity (Wildman–Crippen MR) is 112 cm³/mol. The van der Waals surface area contributed by atoms with Gasteiger partial charge in [-0.15, -0.1) is 0 Å². The number of nitriles is 1. The van der Waals surface area contributed by atoms with Gasteiger partial charge in [-0.1, -0.05) is 12.8 Å². The lowest BCUT2D eigenvalue weighted by molar-refractivity contribution is -0.384. The molecule has 1 fully saturated rings. The van der Waals surface area contributed by atoms with E-state index >= 15 is 0 Å². The molecule has 30 heavy (non-hydrogen) atoms. The number of nitrogens with zero attached hydrogens (tertiary/aromatic N) is 3. The highest BCUT2D eigenvalue weighted by molar-refractivity contribution is 6.02. The molecule has 1 aliphatic rings. The second kappa shape index (κ2) is 8.82. The zero-order valence-corrected chi connectivity index (χ0v) is 17.3. The first-order chi connectivity index (χ1) is 14.3. The zero-order valence-electron chi connectivity index (χ0n) is 17.3. The van der Waals surface area contributed by atoms with Crippen LogP contribution in [0, 0.1) is 35.3 Å². The highest BCUT2D eigenvalue weighted by Gasteiger charge is 2.21. The van der Waals surface area contributed by atoms with E-state index < -0.39 is 4.92 Å². The number of rotatable bonds is 6. The smallest absolute Gasteiger partial charge is 0.271 e. The summed E-state index contributed by atoms with van der Waals surface area (Å²) >= 11 is 0. The summed E-state index contributed by atoms with van der Waals surface area (Å²) in [6, 6.07) is 8.34. The molecule has 0 bridgehead atoms. The SMILES string of the molecule is COc1ccc([N+](=O)[O-])cc1-n1c(C)cc(/C=C(/C#N)C(=O)NC2CCCC2)c1C. The fraction of sp³-hybridized carbons (Fsp3) is 0.364. The summed E-state index contributed by atoms with van der Waals surface area (Å²) in [6.07, 6.45) is 5.61. The molecule has 1 amide bonds. The van der Waals surface area contributed by atoms with E-state index in [1.165, 1.54) is 19.2 Å². The molecule has 1 saturated carbocycles. The van der Waals surface area contributed by atoms with Gasteiger partial charge in [0.05, 0.1) is 17.7 Å². The molecule has 1 aromatic carbocycles. The molecule has 0 spiro atoms. The van der Waals surface area contributed by atoms with Gasteiger partial charge in [0.2, 0.25) is 0 Å². The van der Waals surface area contributed by atoms with Crippen LogP contribution in [0.3, 0.4) is 0 Å². The minimum Gasteiger partial charge on any atom is -0.495 e. The van der Waals surface area contributed by atoms with Crippen LogP contribution in [0.4, 0.5) is 5.69 Å². The highest BCUT2D eigenvalue weighted by Crippen LogP contribution is 2.32. The number of aryl methyl sites for hydroxylation is 1. The summed E-state index contributed by atoms with van der Waals surface area (Å²) in [5, 5.41) is 23.7. The minimum absolute atomic E-state index is 0.0353. The van der Waals surface area contributed by atoms with E-state index in [0.717, 1.165) is 37.1 Å². The first-order valence-electron chi connectivity index (χ1n) is 9.80. The molecule has 0 aliphatic heterocycles. The Morgan fingerprint density at radius 1 is 1.33 bits per heavy atom. The number of nitrogens with one attached hydrogen (secondary N) is 1. The molecular weight excluding hydrogens is 384 g/mol. The highest BCUT2D eigenvalue weighted by atomic mass is 16.6. The Kier molecular flexibility index (Phi) is 6.21. The molecule has 1 aliphatic carbocycles. The maximum atomic E-state index is 12.5. The zero-order chi connectivity index (χ0) is 21.8. The van der Waals surface area contributed by atoms with Gasteiger partial charge < -0.3 is 14.6 Å². The van der Waals surface area contributed by atoms with Crippen molar-refractivity contribution in [1.82, 2.24) is 9.88 Å². The summed E-state index contributed by atoms with van der Waals surface area (Å²) in [6.45, 7) is 3.69. The number of aromatic nitrogens is 1. The first kappa shape index (κ1) is 21.1. The van der Waals surface area contributed by atoms with Crippen LogP contribution in [-0.4, -0.2) is 28.5 Å². The van der Waals surface area contributed by atoms with Crippen LogP contribution in [0.25, 0.3) is 11.8 Å². The molecule has 156 valence electrons. The lowest BCUT2D eigenvalue weighted by Crippen LogP contribution is -2.33. The Labute approximate surface area is 174 Å². The maximum Gasteiger partial charge on any atom is 0.271 e. The van der Waals surface area contributed by atoms with Crippen molar-refractivity contribution in [2.45, 2.75) is 45.6 Å². The van der Waals surface area contributed by atoms with Crippen LogP contribution >= 0.6 is 0 Å². The van der Waals surface area contributed by atoms with Gasteiger partial charge in [0.25, 0.3) is 11.6 Å². The van der Waals surface area contributed by atoms with Crippen molar-refractivity contribution in [3.8, 4) is 17.5 Å². The summed E-state index contributed by atoms with van der Waals surface area (Å²) in [5.41, 5.74) is 2.74. The Hall–Kier alpha value is -3.60. The number of hydrogen-bond acceptors (Lipinski definition) is 5. The van der Waals surface area contributed by atoms with Gasteiger partial charge in [0.1, 0.15) is 17.4 Å². The average molecular weight is 408 g/mol. The fourth-order valence-corrected chi connectivity index (χ4v) is 3.91. The lowest BCUT2D eigenvalue weighted by atomic mass is 10.1. The van der Waals surface area contributed by atoms with E-state index in [1.54, 1.807) is 12.1 Å². The van der Waals surface area contributed by atoms with Gasteiger partial charge in [-0.3, -0.25) is 14.9 Å².